The van der Waals surface area contributed by atoms with Crippen LogP contribution in [0.3, 0.4) is 0 Å². The second kappa shape index (κ2) is 9.70. The molecule has 0 atom stereocenters. The van der Waals surface area contributed by atoms with Crippen molar-refractivity contribution in [2.24, 2.45) is 0 Å². The lowest BCUT2D eigenvalue weighted by molar-refractivity contribution is 0.405. The van der Waals surface area contributed by atoms with E-state index >= 15 is 0 Å². The summed E-state index contributed by atoms with van der Waals surface area (Å²) in [5.74, 6) is 0.0425. The number of H-pyrrole nitrogens is 1. The SMILES string of the molecule is CCCCCCCCCCCCn1c(O)c[nH]c1=O. The maximum atomic E-state index is 11.3. The molecule has 0 radical (unpaired) electrons. The number of nitrogens with one attached hydrogen (secondary N) is 1. The first-order chi connectivity index (χ1) is 9.25. The summed E-state index contributed by atoms with van der Waals surface area (Å²) in [7, 11) is 0. The fourth-order valence-electron chi connectivity index (χ4n) is 2.36. The highest BCUT2D eigenvalue weighted by Crippen LogP contribution is 2.11. The zero-order valence-electron chi connectivity index (χ0n) is 12.2. The number of hydrogen-bond donors (Lipinski definition) is 2. The van der Waals surface area contributed by atoms with E-state index in [0.29, 0.717) is 6.54 Å². The van der Waals surface area contributed by atoms with Crippen LogP contribution < -0.4 is 5.69 Å². The van der Waals surface area contributed by atoms with Crippen LogP contribution >= 0.6 is 0 Å². The molecular formula is C15H28N2O2. The van der Waals surface area contributed by atoms with Crippen molar-refractivity contribution in [3.05, 3.63) is 16.7 Å². The molecule has 1 heterocycles. The average molecular weight is 268 g/mol. The van der Waals surface area contributed by atoms with E-state index in [9.17, 15) is 9.90 Å². The summed E-state index contributed by atoms with van der Waals surface area (Å²) in [6.07, 6.45) is 14.1. The summed E-state index contributed by atoms with van der Waals surface area (Å²) in [5, 5.41) is 9.41. The molecular weight excluding hydrogens is 240 g/mol. The molecule has 1 aromatic rings. The molecule has 4 nitrogen and oxygen atoms in total. The van der Waals surface area contributed by atoms with Gasteiger partial charge in [0, 0.05) is 6.54 Å². The van der Waals surface area contributed by atoms with E-state index in [2.05, 4.69) is 11.9 Å². The van der Waals surface area contributed by atoms with Crippen molar-refractivity contribution < 1.29 is 5.11 Å². The maximum Gasteiger partial charge on any atom is 0.328 e. The Labute approximate surface area is 115 Å². The van der Waals surface area contributed by atoms with Gasteiger partial charge in [-0.1, -0.05) is 64.7 Å². The summed E-state index contributed by atoms with van der Waals surface area (Å²) >= 11 is 0. The topological polar surface area (TPSA) is 58.0 Å². The van der Waals surface area contributed by atoms with Crippen molar-refractivity contribution in [3.63, 3.8) is 0 Å². The molecule has 0 unspecified atom stereocenters. The highest BCUT2D eigenvalue weighted by molar-refractivity contribution is 5.02. The number of unbranched alkanes of at least 4 members (excludes halogenated alkanes) is 9. The van der Waals surface area contributed by atoms with Gasteiger partial charge in [-0.25, -0.2) is 4.79 Å². The highest BCUT2D eigenvalue weighted by Gasteiger charge is 2.02. The summed E-state index contributed by atoms with van der Waals surface area (Å²) in [5.41, 5.74) is -0.214. The molecule has 0 saturated carbocycles. The van der Waals surface area contributed by atoms with Crippen LogP contribution in [0.5, 0.6) is 5.88 Å². The van der Waals surface area contributed by atoms with Crippen molar-refractivity contribution in [1.29, 1.82) is 0 Å². The first kappa shape index (κ1) is 15.9. The second-order valence-corrected chi connectivity index (χ2v) is 5.29. The molecule has 2 N–H and O–H groups in total. The van der Waals surface area contributed by atoms with Crippen LogP contribution in [0.25, 0.3) is 0 Å². The Morgan fingerprint density at radius 2 is 1.53 bits per heavy atom. The molecule has 110 valence electrons. The lowest BCUT2D eigenvalue weighted by atomic mass is 10.1. The van der Waals surface area contributed by atoms with Crippen molar-refractivity contribution in [3.8, 4) is 5.88 Å². The standard InChI is InChI=1S/C15H28N2O2/c1-2-3-4-5-6-7-8-9-10-11-12-17-14(18)13-16-15(17)19/h13,18H,2-12H2,1H3,(H,16,19). The van der Waals surface area contributed by atoms with E-state index in [1.807, 2.05) is 0 Å². The fraction of sp³-hybridized carbons (Fsp3) is 0.800. The molecule has 0 aliphatic heterocycles. The van der Waals surface area contributed by atoms with E-state index in [1.165, 1.54) is 62.1 Å². The van der Waals surface area contributed by atoms with Gasteiger partial charge in [-0.2, -0.15) is 0 Å². The van der Waals surface area contributed by atoms with Gasteiger partial charge >= 0.3 is 5.69 Å². The van der Waals surface area contributed by atoms with Crippen LogP contribution in [0.15, 0.2) is 11.0 Å². The quantitative estimate of drug-likeness (QED) is 0.600. The number of aromatic hydroxyl groups is 1. The summed E-state index contributed by atoms with van der Waals surface area (Å²) in [6, 6.07) is 0. The van der Waals surface area contributed by atoms with E-state index in [4.69, 9.17) is 0 Å². The molecule has 0 spiro atoms. The third-order valence-electron chi connectivity index (χ3n) is 3.58. The van der Waals surface area contributed by atoms with Crippen molar-refractivity contribution in [1.82, 2.24) is 9.55 Å². The molecule has 0 aromatic carbocycles. The first-order valence-corrected chi connectivity index (χ1v) is 7.73. The minimum absolute atomic E-state index is 0.0425. The Morgan fingerprint density at radius 1 is 1.00 bits per heavy atom. The van der Waals surface area contributed by atoms with Gasteiger partial charge < -0.3 is 10.1 Å². The van der Waals surface area contributed by atoms with Crippen molar-refractivity contribution >= 4 is 0 Å². The van der Waals surface area contributed by atoms with Gasteiger partial charge in [0.05, 0.1) is 6.20 Å². The third-order valence-corrected chi connectivity index (χ3v) is 3.58. The van der Waals surface area contributed by atoms with Gasteiger partial charge in [0.2, 0.25) is 5.88 Å². The van der Waals surface area contributed by atoms with Crippen LogP contribution in [-0.4, -0.2) is 14.7 Å². The Morgan fingerprint density at radius 3 is 2.00 bits per heavy atom. The largest absolute Gasteiger partial charge is 0.493 e. The van der Waals surface area contributed by atoms with Gasteiger partial charge in [-0.3, -0.25) is 4.57 Å². The fourth-order valence-corrected chi connectivity index (χ4v) is 2.36. The number of aromatic amines is 1. The molecule has 0 bridgehead atoms. The smallest absolute Gasteiger partial charge is 0.328 e. The predicted molar refractivity (Wildman–Crippen MR) is 78.6 cm³/mol. The van der Waals surface area contributed by atoms with Crippen LogP contribution in [0, 0.1) is 0 Å². The minimum Gasteiger partial charge on any atom is -0.493 e. The van der Waals surface area contributed by atoms with E-state index < -0.39 is 0 Å². The van der Waals surface area contributed by atoms with Crippen LogP contribution in [0.2, 0.25) is 0 Å². The van der Waals surface area contributed by atoms with Crippen LogP contribution in [0.4, 0.5) is 0 Å². The molecule has 19 heavy (non-hydrogen) atoms. The van der Waals surface area contributed by atoms with E-state index in [-0.39, 0.29) is 11.6 Å². The average Bonchev–Trinajstić information content (AvgIpc) is 2.72. The summed E-state index contributed by atoms with van der Waals surface area (Å²) in [4.78, 5) is 13.8. The van der Waals surface area contributed by atoms with Gasteiger partial charge in [0.25, 0.3) is 0 Å². The molecule has 4 heteroatoms. The highest BCUT2D eigenvalue weighted by atomic mass is 16.3. The molecule has 1 rings (SSSR count). The summed E-state index contributed by atoms with van der Waals surface area (Å²) < 4.78 is 1.39. The second-order valence-electron chi connectivity index (χ2n) is 5.29. The van der Waals surface area contributed by atoms with E-state index in [1.54, 1.807) is 0 Å². The maximum absolute atomic E-state index is 11.3. The molecule has 0 fully saturated rings. The Hall–Kier alpha value is -1.19. The molecule has 0 amide bonds. The van der Waals surface area contributed by atoms with Crippen molar-refractivity contribution in [2.45, 2.75) is 77.7 Å². The normalized spacial score (nSPS) is 11.0. The van der Waals surface area contributed by atoms with Gasteiger partial charge in [-0.15, -0.1) is 0 Å². The van der Waals surface area contributed by atoms with Gasteiger partial charge in [-0.05, 0) is 6.42 Å². The van der Waals surface area contributed by atoms with E-state index in [0.717, 1.165) is 12.8 Å². The lowest BCUT2D eigenvalue weighted by Gasteiger charge is -2.03. The van der Waals surface area contributed by atoms with Gasteiger partial charge in [0.1, 0.15) is 0 Å². The molecule has 0 saturated heterocycles. The first-order valence-electron chi connectivity index (χ1n) is 7.73. The number of hydrogen-bond acceptors (Lipinski definition) is 2. The zero-order valence-corrected chi connectivity index (χ0v) is 12.2. The monoisotopic (exact) mass is 268 g/mol. The van der Waals surface area contributed by atoms with Crippen LogP contribution in [-0.2, 0) is 6.54 Å². The third kappa shape index (κ3) is 6.50. The number of imidazole rings is 1. The molecule has 1 aromatic heterocycles. The lowest BCUT2D eigenvalue weighted by Crippen LogP contribution is -2.16. The minimum atomic E-state index is -0.214. The van der Waals surface area contributed by atoms with Crippen molar-refractivity contribution in [2.75, 3.05) is 0 Å². The zero-order chi connectivity index (χ0) is 13.9. The Bertz CT molecular complexity index is 382. The number of aromatic nitrogens is 2. The number of rotatable bonds is 11. The molecule has 0 aliphatic rings. The van der Waals surface area contributed by atoms with Gasteiger partial charge in [0.15, 0.2) is 0 Å². The van der Waals surface area contributed by atoms with Crippen LogP contribution in [0.1, 0.15) is 71.1 Å². The molecule has 0 aliphatic carbocycles. The Balaban J connectivity index is 1.93. The predicted octanol–water partition coefficient (Wildman–Crippen LogP) is 3.80. The summed E-state index contributed by atoms with van der Waals surface area (Å²) in [6.45, 7) is 2.86. The number of nitrogens with zero attached hydrogens (tertiary/aromatic N) is 1. The Kier molecular flexibility index (Phi) is 8.10.